The average molecular weight is 506 g/mol. The summed E-state index contributed by atoms with van der Waals surface area (Å²) in [6.45, 7) is 7.83. The van der Waals surface area contributed by atoms with Gasteiger partial charge >= 0.3 is 0 Å². The number of hydrogen-bond acceptors (Lipinski definition) is 8. The standard InChI is InChI=1S/C24H30F3N7O2/c1-13-20-21(34(5)18(22(35)32-20)12-36-24(2,3)4)33-23(31-13)30-11-15(8-28)10-29-9-14-6-16(25)19(27)17(26)7-14/h6-8,10,18H,9,11-12,28H2,1-5H3,(H,32,35)(H,30,31,33)/b15-8+,29-10?/t18-/m0/s1. The van der Waals surface area contributed by atoms with Crippen LogP contribution < -0.4 is 21.3 Å². The van der Waals surface area contributed by atoms with Gasteiger partial charge in [0.15, 0.2) is 23.3 Å². The van der Waals surface area contributed by atoms with E-state index < -0.39 is 29.1 Å². The Labute approximate surface area is 207 Å². The number of rotatable bonds is 8. The number of ether oxygens (including phenoxy) is 1. The molecule has 0 saturated heterocycles. The molecule has 194 valence electrons. The summed E-state index contributed by atoms with van der Waals surface area (Å²) < 4.78 is 45.6. The first-order valence-corrected chi connectivity index (χ1v) is 11.2. The Morgan fingerprint density at radius 2 is 1.94 bits per heavy atom. The second-order valence-corrected chi connectivity index (χ2v) is 9.31. The minimum Gasteiger partial charge on any atom is -0.404 e. The summed E-state index contributed by atoms with van der Waals surface area (Å²) in [7, 11) is 1.77. The number of aromatic nitrogens is 2. The summed E-state index contributed by atoms with van der Waals surface area (Å²) in [5.74, 6) is -3.42. The van der Waals surface area contributed by atoms with Crippen molar-refractivity contribution >= 4 is 29.6 Å². The number of amides is 1. The van der Waals surface area contributed by atoms with Gasteiger partial charge in [-0.15, -0.1) is 0 Å². The quantitative estimate of drug-likeness (QED) is 0.372. The molecule has 1 aromatic carbocycles. The highest BCUT2D eigenvalue weighted by molar-refractivity contribution is 6.03. The first-order chi connectivity index (χ1) is 16.9. The second kappa shape index (κ2) is 10.9. The monoisotopic (exact) mass is 505 g/mol. The Morgan fingerprint density at radius 3 is 2.56 bits per heavy atom. The number of carbonyl (C=O) groups is 1. The molecule has 1 aromatic heterocycles. The third-order valence-corrected chi connectivity index (χ3v) is 5.34. The molecule has 1 amide bonds. The van der Waals surface area contributed by atoms with Crippen LogP contribution in [-0.4, -0.2) is 53.9 Å². The molecule has 36 heavy (non-hydrogen) atoms. The zero-order valence-electron chi connectivity index (χ0n) is 20.8. The van der Waals surface area contributed by atoms with Crippen molar-refractivity contribution in [3.8, 4) is 0 Å². The van der Waals surface area contributed by atoms with Crippen molar-refractivity contribution < 1.29 is 22.7 Å². The van der Waals surface area contributed by atoms with E-state index in [0.29, 0.717) is 28.7 Å². The van der Waals surface area contributed by atoms with Crippen molar-refractivity contribution in [1.82, 2.24) is 9.97 Å². The van der Waals surface area contributed by atoms with Gasteiger partial charge in [0.1, 0.15) is 11.7 Å². The fourth-order valence-corrected chi connectivity index (χ4v) is 3.38. The third-order valence-electron chi connectivity index (χ3n) is 5.34. The predicted molar refractivity (Wildman–Crippen MR) is 133 cm³/mol. The van der Waals surface area contributed by atoms with Crippen molar-refractivity contribution in [3.63, 3.8) is 0 Å². The Balaban J connectivity index is 1.68. The maximum absolute atomic E-state index is 13.4. The molecule has 0 bridgehead atoms. The van der Waals surface area contributed by atoms with E-state index in [-0.39, 0.29) is 31.2 Å². The zero-order valence-corrected chi connectivity index (χ0v) is 20.8. The van der Waals surface area contributed by atoms with Crippen LogP contribution in [0.4, 0.5) is 30.6 Å². The third kappa shape index (κ3) is 6.51. The smallest absolute Gasteiger partial charge is 0.249 e. The number of benzene rings is 1. The first kappa shape index (κ1) is 26.9. The van der Waals surface area contributed by atoms with E-state index >= 15 is 0 Å². The van der Waals surface area contributed by atoms with Crippen LogP contribution in [0.25, 0.3) is 0 Å². The minimum absolute atomic E-state index is 0.0670. The molecular formula is C24H30F3N7O2. The highest BCUT2D eigenvalue weighted by Crippen LogP contribution is 2.32. The normalized spacial score (nSPS) is 16.3. The van der Waals surface area contributed by atoms with Crippen molar-refractivity contribution in [3.05, 3.63) is 52.6 Å². The van der Waals surface area contributed by atoms with Crippen molar-refractivity contribution in [2.75, 3.05) is 35.7 Å². The number of nitrogens with zero attached hydrogens (tertiary/aromatic N) is 4. The number of anilines is 3. The number of fused-ring (bicyclic) bond motifs is 1. The van der Waals surface area contributed by atoms with E-state index in [9.17, 15) is 18.0 Å². The first-order valence-electron chi connectivity index (χ1n) is 11.2. The molecule has 0 unspecified atom stereocenters. The molecule has 9 nitrogen and oxygen atoms in total. The number of carbonyl (C=O) groups excluding carboxylic acids is 1. The van der Waals surface area contributed by atoms with Gasteiger partial charge in [0.25, 0.3) is 0 Å². The lowest BCUT2D eigenvalue weighted by molar-refractivity contribution is -0.120. The van der Waals surface area contributed by atoms with Gasteiger partial charge in [-0.3, -0.25) is 9.79 Å². The molecule has 0 spiro atoms. The molecule has 12 heteroatoms. The Kier molecular flexibility index (Phi) is 8.18. The topological polar surface area (TPSA) is 118 Å². The fourth-order valence-electron chi connectivity index (χ4n) is 3.38. The summed E-state index contributed by atoms with van der Waals surface area (Å²) in [5.41, 5.74) is 7.10. The highest BCUT2D eigenvalue weighted by atomic mass is 19.2. The van der Waals surface area contributed by atoms with Crippen LogP contribution in [0.15, 0.2) is 28.9 Å². The number of likely N-dealkylation sites (N-methyl/N-ethyl adjacent to an activating group) is 1. The molecule has 4 N–H and O–H groups in total. The number of nitrogens with two attached hydrogens (primary N) is 1. The second-order valence-electron chi connectivity index (χ2n) is 9.31. The molecule has 0 saturated carbocycles. The molecule has 2 aromatic rings. The van der Waals surface area contributed by atoms with Gasteiger partial charge in [0.2, 0.25) is 11.9 Å². The lowest BCUT2D eigenvalue weighted by Gasteiger charge is -2.36. The molecular weight excluding hydrogens is 475 g/mol. The predicted octanol–water partition coefficient (Wildman–Crippen LogP) is 3.30. The van der Waals surface area contributed by atoms with Crippen LogP contribution in [0.3, 0.4) is 0 Å². The van der Waals surface area contributed by atoms with Crippen LogP contribution in [0.2, 0.25) is 0 Å². The van der Waals surface area contributed by atoms with Gasteiger partial charge in [0.05, 0.1) is 24.4 Å². The van der Waals surface area contributed by atoms with E-state index in [1.807, 2.05) is 20.8 Å². The average Bonchev–Trinajstić information content (AvgIpc) is 2.79. The number of nitrogens with one attached hydrogen (secondary N) is 2. The molecule has 0 radical (unpaired) electrons. The maximum Gasteiger partial charge on any atom is 0.249 e. The van der Waals surface area contributed by atoms with E-state index in [0.717, 1.165) is 12.1 Å². The van der Waals surface area contributed by atoms with Crippen molar-refractivity contribution in [1.29, 1.82) is 0 Å². The van der Waals surface area contributed by atoms with Crippen molar-refractivity contribution in [2.45, 2.75) is 45.9 Å². The van der Waals surface area contributed by atoms with E-state index in [4.69, 9.17) is 10.5 Å². The Hall–Kier alpha value is -3.67. The highest BCUT2D eigenvalue weighted by Gasteiger charge is 2.34. The molecule has 0 fully saturated rings. The number of aliphatic imine (C=N–C) groups is 1. The molecule has 0 aliphatic carbocycles. The Morgan fingerprint density at radius 1 is 1.28 bits per heavy atom. The molecule has 2 heterocycles. The van der Waals surface area contributed by atoms with Gasteiger partial charge in [-0.25, -0.2) is 18.2 Å². The summed E-state index contributed by atoms with van der Waals surface area (Å²) >= 11 is 0. The fraction of sp³-hybridized carbons (Fsp3) is 0.417. The van der Waals surface area contributed by atoms with Crippen LogP contribution >= 0.6 is 0 Å². The molecule has 1 aliphatic heterocycles. The lowest BCUT2D eigenvalue weighted by Crippen LogP contribution is -2.50. The van der Waals surface area contributed by atoms with Gasteiger partial charge in [-0.2, -0.15) is 4.98 Å². The number of hydrogen-bond donors (Lipinski definition) is 3. The summed E-state index contributed by atoms with van der Waals surface area (Å²) in [6.07, 6.45) is 2.75. The summed E-state index contributed by atoms with van der Waals surface area (Å²) in [6, 6.07) is 1.21. The van der Waals surface area contributed by atoms with Gasteiger partial charge in [-0.05, 0) is 45.4 Å². The van der Waals surface area contributed by atoms with Crippen LogP contribution in [0, 0.1) is 24.4 Å². The Bertz CT molecular complexity index is 1170. The molecule has 3 rings (SSSR count). The summed E-state index contributed by atoms with van der Waals surface area (Å²) in [4.78, 5) is 27.4. The lowest BCUT2D eigenvalue weighted by atomic mass is 10.1. The summed E-state index contributed by atoms with van der Waals surface area (Å²) in [5, 5.41) is 5.92. The number of aryl methyl sites for hydroxylation is 1. The van der Waals surface area contributed by atoms with E-state index in [2.05, 4.69) is 25.6 Å². The van der Waals surface area contributed by atoms with E-state index in [1.165, 1.54) is 12.4 Å². The van der Waals surface area contributed by atoms with Crippen LogP contribution in [0.1, 0.15) is 32.0 Å². The largest absolute Gasteiger partial charge is 0.404 e. The maximum atomic E-state index is 13.4. The molecule has 1 atom stereocenters. The SMILES string of the molecule is Cc1nc(NC/C(C=NCc2cc(F)c(F)c(F)c2)=C/N)nc2c1NC(=O)[C@H](COC(C)(C)C)N2C. The van der Waals surface area contributed by atoms with E-state index in [1.54, 1.807) is 18.9 Å². The zero-order chi connectivity index (χ0) is 26.6. The molecule has 1 aliphatic rings. The minimum atomic E-state index is -1.52. The van der Waals surface area contributed by atoms with Gasteiger partial charge in [-0.1, -0.05) is 0 Å². The van der Waals surface area contributed by atoms with Crippen LogP contribution in [0.5, 0.6) is 0 Å². The van der Waals surface area contributed by atoms with Gasteiger partial charge in [0, 0.05) is 31.6 Å². The van der Waals surface area contributed by atoms with Gasteiger partial charge < -0.3 is 26.0 Å². The van der Waals surface area contributed by atoms with Crippen molar-refractivity contribution in [2.24, 2.45) is 10.7 Å². The number of halogens is 3. The van der Waals surface area contributed by atoms with Crippen LogP contribution in [-0.2, 0) is 16.1 Å².